The van der Waals surface area contributed by atoms with Gasteiger partial charge in [0.2, 0.25) is 0 Å². The van der Waals surface area contributed by atoms with Gasteiger partial charge in [0, 0.05) is 18.7 Å². The first-order valence-electron chi connectivity index (χ1n) is 5.82. The van der Waals surface area contributed by atoms with E-state index in [0.717, 1.165) is 24.7 Å². The zero-order chi connectivity index (χ0) is 10.1. The number of rotatable bonds is 2. The average molecular weight is 200 g/mol. The van der Waals surface area contributed by atoms with E-state index in [0.29, 0.717) is 0 Å². The van der Waals surface area contributed by atoms with Gasteiger partial charge >= 0.3 is 0 Å². The second-order valence-corrected chi connectivity index (χ2v) is 4.45. The van der Waals surface area contributed by atoms with Crippen LogP contribution in [-0.4, -0.2) is 12.4 Å². The molecule has 0 amide bonds. The molecule has 0 bridgehead atoms. The maximum Gasteiger partial charge on any atom is 0.101 e. The highest BCUT2D eigenvalue weighted by atomic mass is 15.0. The Morgan fingerprint density at radius 2 is 1.93 bits per heavy atom. The minimum Gasteiger partial charge on any atom is -0.344 e. The lowest BCUT2D eigenvalue weighted by Gasteiger charge is -2.06. The van der Waals surface area contributed by atoms with Gasteiger partial charge in [0.15, 0.2) is 0 Å². The van der Waals surface area contributed by atoms with Crippen molar-refractivity contribution in [3.05, 3.63) is 29.8 Å². The van der Waals surface area contributed by atoms with Crippen molar-refractivity contribution in [2.24, 2.45) is 4.99 Å². The fourth-order valence-electron chi connectivity index (χ4n) is 2.06. The molecule has 1 aliphatic carbocycles. The lowest BCUT2D eigenvalue weighted by atomic mass is 10.1. The van der Waals surface area contributed by atoms with Crippen LogP contribution in [0, 0.1) is 0 Å². The molecule has 2 heteroatoms. The Morgan fingerprint density at radius 1 is 1.13 bits per heavy atom. The number of hydrogen-bond acceptors (Lipinski definition) is 2. The topological polar surface area (TPSA) is 24.4 Å². The van der Waals surface area contributed by atoms with Gasteiger partial charge in [0.1, 0.15) is 5.84 Å². The van der Waals surface area contributed by atoms with Gasteiger partial charge in [-0.3, -0.25) is 4.99 Å². The van der Waals surface area contributed by atoms with Gasteiger partial charge in [0.25, 0.3) is 0 Å². The smallest absolute Gasteiger partial charge is 0.101 e. The van der Waals surface area contributed by atoms with Crippen LogP contribution in [0.15, 0.2) is 29.3 Å². The number of nitrogens with zero attached hydrogens (tertiary/aromatic N) is 1. The van der Waals surface area contributed by atoms with E-state index >= 15 is 0 Å². The minimum absolute atomic E-state index is 0.850. The molecule has 0 radical (unpaired) electrons. The monoisotopic (exact) mass is 200 g/mol. The van der Waals surface area contributed by atoms with Crippen LogP contribution in [0.2, 0.25) is 0 Å². The summed E-state index contributed by atoms with van der Waals surface area (Å²) in [6, 6.07) is 8.84. The predicted octanol–water partition coefficient (Wildman–Crippen LogP) is 3.17. The number of anilines is 1. The first-order valence-corrected chi connectivity index (χ1v) is 5.82. The maximum absolute atomic E-state index is 4.41. The normalized spacial score (nSPS) is 20.1. The summed E-state index contributed by atoms with van der Waals surface area (Å²) in [4.78, 5) is 4.41. The van der Waals surface area contributed by atoms with Crippen LogP contribution in [0.25, 0.3) is 0 Å². The molecule has 0 saturated heterocycles. The molecule has 2 aliphatic rings. The Balaban J connectivity index is 1.69. The summed E-state index contributed by atoms with van der Waals surface area (Å²) in [5, 5.41) is 3.38. The molecule has 15 heavy (non-hydrogen) atoms. The molecule has 0 unspecified atom stereocenters. The van der Waals surface area contributed by atoms with Crippen LogP contribution in [-0.2, 0) is 0 Å². The molecule has 78 valence electrons. The molecule has 1 N–H and O–H groups in total. The van der Waals surface area contributed by atoms with Crippen molar-refractivity contribution in [2.45, 2.75) is 31.6 Å². The van der Waals surface area contributed by atoms with Gasteiger partial charge in [0.05, 0.1) is 0 Å². The standard InChI is InChI=1S/C13H16N2/c1-2-13(14-9-1)15-12-7-5-11(6-8-12)10-3-4-10/h5-8,10H,1-4,9H2,(H,14,15). The van der Waals surface area contributed by atoms with Crippen LogP contribution < -0.4 is 5.32 Å². The zero-order valence-corrected chi connectivity index (χ0v) is 8.87. The molecule has 1 aliphatic heterocycles. The molecule has 1 fully saturated rings. The summed E-state index contributed by atoms with van der Waals surface area (Å²) in [6.07, 6.45) is 5.05. The van der Waals surface area contributed by atoms with Gasteiger partial charge < -0.3 is 5.32 Å². The summed E-state index contributed by atoms with van der Waals surface area (Å²) >= 11 is 0. The molecule has 1 aromatic rings. The number of aliphatic imine (C=N–C) groups is 1. The summed E-state index contributed by atoms with van der Waals surface area (Å²) in [5.74, 6) is 2.00. The van der Waals surface area contributed by atoms with Crippen LogP contribution in [0.3, 0.4) is 0 Å². The Labute approximate surface area is 90.4 Å². The lowest BCUT2D eigenvalue weighted by Crippen LogP contribution is -2.07. The maximum atomic E-state index is 4.41. The largest absolute Gasteiger partial charge is 0.344 e. The summed E-state index contributed by atoms with van der Waals surface area (Å²) in [5.41, 5.74) is 2.67. The van der Waals surface area contributed by atoms with Gasteiger partial charge in [-0.25, -0.2) is 0 Å². The van der Waals surface area contributed by atoms with Crippen molar-refractivity contribution in [1.29, 1.82) is 0 Å². The van der Waals surface area contributed by atoms with E-state index in [4.69, 9.17) is 0 Å². The Morgan fingerprint density at radius 3 is 2.53 bits per heavy atom. The first-order chi connectivity index (χ1) is 7.42. The number of nitrogens with one attached hydrogen (secondary N) is 1. The Bertz CT molecular complexity index is 374. The van der Waals surface area contributed by atoms with E-state index in [1.165, 1.54) is 30.5 Å². The van der Waals surface area contributed by atoms with E-state index in [9.17, 15) is 0 Å². The van der Waals surface area contributed by atoms with Crippen molar-refractivity contribution in [2.75, 3.05) is 11.9 Å². The van der Waals surface area contributed by atoms with Crippen molar-refractivity contribution < 1.29 is 0 Å². The number of amidine groups is 1. The molecule has 0 spiro atoms. The van der Waals surface area contributed by atoms with Gasteiger partial charge in [-0.2, -0.15) is 0 Å². The van der Waals surface area contributed by atoms with Gasteiger partial charge in [-0.1, -0.05) is 12.1 Å². The second-order valence-electron chi connectivity index (χ2n) is 4.45. The van der Waals surface area contributed by atoms with Crippen molar-refractivity contribution >= 4 is 11.5 Å². The second kappa shape index (κ2) is 3.69. The molecule has 1 aromatic carbocycles. The summed E-state index contributed by atoms with van der Waals surface area (Å²) < 4.78 is 0. The van der Waals surface area contributed by atoms with E-state index in [-0.39, 0.29) is 0 Å². The Kier molecular flexibility index (Phi) is 2.20. The molecule has 1 saturated carbocycles. The summed E-state index contributed by atoms with van der Waals surface area (Å²) in [6.45, 7) is 0.989. The molecule has 0 atom stereocenters. The third-order valence-corrected chi connectivity index (χ3v) is 3.12. The lowest BCUT2D eigenvalue weighted by molar-refractivity contribution is 0.951. The third-order valence-electron chi connectivity index (χ3n) is 3.12. The van der Waals surface area contributed by atoms with Crippen LogP contribution in [0.4, 0.5) is 5.69 Å². The Hall–Kier alpha value is -1.31. The number of benzene rings is 1. The van der Waals surface area contributed by atoms with Crippen LogP contribution >= 0.6 is 0 Å². The molecular weight excluding hydrogens is 184 g/mol. The van der Waals surface area contributed by atoms with Crippen LogP contribution in [0.1, 0.15) is 37.2 Å². The zero-order valence-electron chi connectivity index (χ0n) is 8.87. The summed E-state index contributed by atoms with van der Waals surface area (Å²) in [7, 11) is 0. The highest BCUT2D eigenvalue weighted by Gasteiger charge is 2.22. The predicted molar refractivity (Wildman–Crippen MR) is 63.6 cm³/mol. The quantitative estimate of drug-likeness (QED) is 0.779. The molecule has 1 heterocycles. The fourth-order valence-corrected chi connectivity index (χ4v) is 2.06. The van der Waals surface area contributed by atoms with Crippen molar-refractivity contribution in [3.8, 4) is 0 Å². The van der Waals surface area contributed by atoms with E-state index in [2.05, 4.69) is 34.6 Å². The van der Waals surface area contributed by atoms with E-state index in [1.54, 1.807) is 0 Å². The fraction of sp³-hybridized carbons (Fsp3) is 0.462. The minimum atomic E-state index is 0.850. The van der Waals surface area contributed by atoms with E-state index in [1.807, 2.05) is 0 Å². The molecule has 2 nitrogen and oxygen atoms in total. The third kappa shape index (κ3) is 2.04. The van der Waals surface area contributed by atoms with Crippen LogP contribution in [0.5, 0.6) is 0 Å². The van der Waals surface area contributed by atoms with Crippen molar-refractivity contribution in [3.63, 3.8) is 0 Å². The number of hydrogen-bond donors (Lipinski definition) is 1. The molecule has 3 rings (SSSR count). The molecular formula is C13H16N2. The SMILES string of the molecule is c1cc(C2CC2)ccc1NC1=NCCC1. The van der Waals surface area contributed by atoms with Gasteiger partial charge in [-0.05, 0) is 42.9 Å². The van der Waals surface area contributed by atoms with Crippen molar-refractivity contribution in [1.82, 2.24) is 0 Å². The van der Waals surface area contributed by atoms with E-state index < -0.39 is 0 Å². The molecule has 0 aromatic heterocycles. The average Bonchev–Trinajstić information content (AvgIpc) is 2.99. The highest BCUT2D eigenvalue weighted by molar-refractivity contribution is 5.96. The van der Waals surface area contributed by atoms with Gasteiger partial charge in [-0.15, -0.1) is 0 Å². The first kappa shape index (κ1) is 8.96. The highest BCUT2D eigenvalue weighted by Crippen LogP contribution is 2.40.